The molecule has 15 heavy (non-hydrogen) atoms. The van der Waals surface area contributed by atoms with Crippen molar-refractivity contribution in [2.75, 3.05) is 5.32 Å². The van der Waals surface area contributed by atoms with Crippen LogP contribution in [0.3, 0.4) is 0 Å². The van der Waals surface area contributed by atoms with E-state index in [1.807, 2.05) is 6.92 Å². The van der Waals surface area contributed by atoms with Gasteiger partial charge in [0.15, 0.2) is 0 Å². The fourth-order valence-corrected chi connectivity index (χ4v) is 1.50. The van der Waals surface area contributed by atoms with E-state index < -0.39 is 0 Å². The van der Waals surface area contributed by atoms with Gasteiger partial charge in [-0.05, 0) is 28.9 Å². The van der Waals surface area contributed by atoms with Crippen molar-refractivity contribution < 1.29 is 4.79 Å². The van der Waals surface area contributed by atoms with Gasteiger partial charge >= 0.3 is 0 Å². The first-order chi connectivity index (χ1) is 7.16. The lowest BCUT2D eigenvalue weighted by molar-refractivity contribution is 0.102. The fourth-order valence-electron chi connectivity index (χ4n) is 1.15. The summed E-state index contributed by atoms with van der Waals surface area (Å²) in [5.74, 6) is 0.416. The standard InChI is InChI=1S/C9H9BrN4O/c1-5-3-12-14-8(5)13-9(15)7-2-6(10)4-11-7/h2-4,11H,1H3,(H2,12,13,14,15). The number of nitrogens with one attached hydrogen (secondary N) is 3. The van der Waals surface area contributed by atoms with Gasteiger partial charge in [-0.25, -0.2) is 0 Å². The lowest BCUT2D eigenvalue weighted by atomic mass is 10.3. The highest BCUT2D eigenvalue weighted by Crippen LogP contribution is 2.13. The Morgan fingerprint density at radius 1 is 1.60 bits per heavy atom. The van der Waals surface area contributed by atoms with Crippen LogP contribution in [0.5, 0.6) is 0 Å². The number of halogens is 1. The van der Waals surface area contributed by atoms with E-state index in [0.717, 1.165) is 10.0 Å². The summed E-state index contributed by atoms with van der Waals surface area (Å²) in [7, 11) is 0. The smallest absolute Gasteiger partial charge is 0.273 e. The molecule has 0 saturated carbocycles. The predicted octanol–water partition coefficient (Wildman–Crippen LogP) is 2.06. The molecule has 6 heteroatoms. The molecule has 0 aliphatic carbocycles. The second-order valence-corrected chi connectivity index (χ2v) is 4.03. The molecule has 0 bridgehead atoms. The minimum atomic E-state index is -0.201. The van der Waals surface area contributed by atoms with Crippen molar-refractivity contribution in [2.45, 2.75) is 6.92 Å². The van der Waals surface area contributed by atoms with Crippen LogP contribution in [0.25, 0.3) is 0 Å². The van der Waals surface area contributed by atoms with Crippen LogP contribution in [0.15, 0.2) is 22.9 Å². The van der Waals surface area contributed by atoms with Gasteiger partial charge in [-0.15, -0.1) is 0 Å². The van der Waals surface area contributed by atoms with Crippen molar-refractivity contribution in [1.82, 2.24) is 15.2 Å². The summed E-state index contributed by atoms with van der Waals surface area (Å²) in [6.45, 7) is 1.86. The zero-order valence-corrected chi connectivity index (χ0v) is 9.55. The summed E-state index contributed by atoms with van der Waals surface area (Å²) >= 11 is 3.26. The molecular weight excluding hydrogens is 260 g/mol. The zero-order valence-electron chi connectivity index (χ0n) is 7.97. The second kappa shape index (κ2) is 3.90. The lowest BCUT2D eigenvalue weighted by Gasteiger charge is -2.00. The Morgan fingerprint density at radius 2 is 2.40 bits per heavy atom. The summed E-state index contributed by atoms with van der Waals surface area (Å²) in [6.07, 6.45) is 3.36. The molecule has 0 aliphatic heterocycles. The van der Waals surface area contributed by atoms with E-state index in [2.05, 4.69) is 36.4 Å². The number of hydrogen-bond acceptors (Lipinski definition) is 2. The molecule has 0 spiro atoms. The average Bonchev–Trinajstić information content (AvgIpc) is 2.77. The largest absolute Gasteiger partial charge is 0.356 e. The van der Waals surface area contributed by atoms with E-state index in [4.69, 9.17) is 0 Å². The Kier molecular flexibility index (Phi) is 2.59. The third-order valence-electron chi connectivity index (χ3n) is 1.96. The van der Waals surface area contributed by atoms with E-state index in [1.54, 1.807) is 18.5 Å². The van der Waals surface area contributed by atoms with Gasteiger partial charge < -0.3 is 10.3 Å². The van der Waals surface area contributed by atoms with Gasteiger partial charge in [0.2, 0.25) is 0 Å². The molecule has 78 valence electrons. The number of aromatic nitrogens is 3. The maximum atomic E-state index is 11.7. The summed E-state index contributed by atoms with van der Waals surface area (Å²) in [6, 6.07) is 1.71. The molecule has 2 rings (SSSR count). The van der Waals surface area contributed by atoms with Crippen molar-refractivity contribution in [3.05, 3.63) is 34.2 Å². The van der Waals surface area contributed by atoms with Crippen molar-refractivity contribution in [2.24, 2.45) is 0 Å². The van der Waals surface area contributed by atoms with Crippen molar-refractivity contribution in [1.29, 1.82) is 0 Å². The van der Waals surface area contributed by atoms with Gasteiger partial charge in [-0.1, -0.05) is 0 Å². The highest BCUT2D eigenvalue weighted by atomic mass is 79.9. The number of amides is 1. The number of aromatic amines is 2. The highest BCUT2D eigenvalue weighted by Gasteiger charge is 2.10. The molecule has 2 aromatic rings. The van der Waals surface area contributed by atoms with Gasteiger partial charge in [-0.2, -0.15) is 5.10 Å². The monoisotopic (exact) mass is 268 g/mol. The van der Waals surface area contributed by atoms with Gasteiger partial charge in [0.05, 0.1) is 6.20 Å². The van der Waals surface area contributed by atoms with Crippen molar-refractivity contribution in [3.63, 3.8) is 0 Å². The molecule has 5 nitrogen and oxygen atoms in total. The zero-order chi connectivity index (χ0) is 10.8. The number of aryl methyl sites for hydroxylation is 1. The second-order valence-electron chi connectivity index (χ2n) is 3.11. The molecule has 1 amide bonds. The van der Waals surface area contributed by atoms with Crippen LogP contribution in [0.1, 0.15) is 16.1 Å². The van der Waals surface area contributed by atoms with Crippen LogP contribution < -0.4 is 5.32 Å². The molecule has 0 atom stereocenters. The molecule has 0 saturated heterocycles. The number of nitrogens with zero attached hydrogens (tertiary/aromatic N) is 1. The SMILES string of the molecule is Cc1cn[nH]c1NC(=O)c1cc(Br)c[nH]1. The number of carbonyl (C=O) groups is 1. The molecule has 3 N–H and O–H groups in total. The van der Waals surface area contributed by atoms with Gasteiger partial charge in [0.25, 0.3) is 5.91 Å². The lowest BCUT2D eigenvalue weighted by Crippen LogP contribution is -2.13. The van der Waals surface area contributed by atoms with Crippen LogP contribution >= 0.6 is 15.9 Å². The maximum absolute atomic E-state index is 11.7. The summed E-state index contributed by atoms with van der Waals surface area (Å²) < 4.78 is 0.842. The summed E-state index contributed by atoms with van der Waals surface area (Å²) in [5, 5.41) is 9.23. The van der Waals surface area contributed by atoms with E-state index >= 15 is 0 Å². The highest BCUT2D eigenvalue weighted by molar-refractivity contribution is 9.10. The minimum Gasteiger partial charge on any atom is -0.356 e. The van der Waals surface area contributed by atoms with Crippen molar-refractivity contribution in [3.8, 4) is 0 Å². The first-order valence-corrected chi connectivity index (χ1v) is 5.11. The Labute approximate surface area is 94.4 Å². The van der Waals surface area contributed by atoms with E-state index in [1.165, 1.54) is 0 Å². The predicted molar refractivity (Wildman–Crippen MR) is 59.8 cm³/mol. The number of rotatable bonds is 2. The third-order valence-corrected chi connectivity index (χ3v) is 2.42. The van der Waals surface area contributed by atoms with Crippen LogP contribution in [-0.4, -0.2) is 21.1 Å². The van der Waals surface area contributed by atoms with E-state index in [0.29, 0.717) is 11.5 Å². The quantitative estimate of drug-likeness (QED) is 0.780. The van der Waals surface area contributed by atoms with Gasteiger partial charge in [-0.3, -0.25) is 9.89 Å². The van der Waals surface area contributed by atoms with Crippen LogP contribution in [0.4, 0.5) is 5.82 Å². The molecule has 0 unspecified atom stereocenters. The average molecular weight is 269 g/mol. The van der Waals surface area contributed by atoms with Crippen LogP contribution in [0.2, 0.25) is 0 Å². The molecule has 2 aromatic heterocycles. The fraction of sp³-hybridized carbons (Fsp3) is 0.111. The minimum absolute atomic E-state index is 0.201. The molecule has 0 fully saturated rings. The van der Waals surface area contributed by atoms with E-state index in [9.17, 15) is 4.79 Å². The Hall–Kier alpha value is -1.56. The topological polar surface area (TPSA) is 73.6 Å². The molecule has 0 aromatic carbocycles. The van der Waals surface area contributed by atoms with Gasteiger partial charge in [0.1, 0.15) is 11.5 Å². The number of carbonyl (C=O) groups excluding carboxylic acids is 1. The first-order valence-electron chi connectivity index (χ1n) is 4.32. The number of H-pyrrole nitrogens is 2. The third kappa shape index (κ3) is 2.10. The molecule has 0 aliphatic rings. The normalized spacial score (nSPS) is 10.3. The van der Waals surface area contributed by atoms with E-state index in [-0.39, 0.29) is 5.91 Å². The van der Waals surface area contributed by atoms with Crippen LogP contribution in [0, 0.1) is 6.92 Å². The Bertz CT molecular complexity index is 488. The first kappa shape index (κ1) is 9.97. The molecule has 0 radical (unpaired) electrons. The number of anilines is 1. The van der Waals surface area contributed by atoms with Crippen LogP contribution in [-0.2, 0) is 0 Å². The Morgan fingerprint density at radius 3 is 2.93 bits per heavy atom. The van der Waals surface area contributed by atoms with Crippen molar-refractivity contribution >= 4 is 27.7 Å². The number of hydrogen-bond donors (Lipinski definition) is 3. The summed E-state index contributed by atoms with van der Waals surface area (Å²) in [4.78, 5) is 14.5. The molecular formula is C9H9BrN4O. The maximum Gasteiger partial charge on any atom is 0.273 e. The Balaban J connectivity index is 2.14. The summed E-state index contributed by atoms with van der Waals surface area (Å²) in [5.41, 5.74) is 1.39. The van der Waals surface area contributed by atoms with Gasteiger partial charge in [0, 0.05) is 16.2 Å². The molecule has 2 heterocycles.